The van der Waals surface area contributed by atoms with Gasteiger partial charge >= 0.3 is 0 Å². The van der Waals surface area contributed by atoms with Crippen molar-refractivity contribution < 1.29 is 17.9 Å². The van der Waals surface area contributed by atoms with E-state index in [1.807, 2.05) is 12.1 Å². The normalized spacial score (nSPS) is 11.1. The fourth-order valence-electron chi connectivity index (χ4n) is 2.50. The lowest BCUT2D eigenvalue weighted by Crippen LogP contribution is -2.21. The third kappa shape index (κ3) is 7.38. The van der Waals surface area contributed by atoms with Crippen LogP contribution in [-0.2, 0) is 10.0 Å². The Morgan fingerprint density at radius 1 is 1.07 bits per heavy atom. The summed E-state index contributed by atoms with van der Waals surface area (Å²) >= 11 is 0. The third-order valence-corrected chi connectivity index (χ3v) is 5.47. The van der Waals surface area contributed by atoms with Crippen molar-refractivity contribution >= 4 is 28.1 Å². The number of hydrogen-bond donors (Lipinski definition) is 2. The Balaban J connectivity index is 0.00000420. The topological polar surface area (TPSA) is 89.6 Å². The molecule has 2 aromatic rings. The van der Waals surface area contributed by atoms with Crippen LogP contribution in [0.2, 0.25) is 0 Å². The molecule has 0 radical (unpaired) electrons. The van der Waals surface area contributed by atoms with E-state index < -0.39 is 10.0 Å². The zero-order valence-electron chi connectivity index (χ0n) is 17.3. The summed E-state index contributed by atoms with van der Waals surface area (Å²) in [6, 6.07) is 10.0. The number of nitrogens with one attached hydrogen (secondary N) is 2. The largest absolute Gasteiger partial charge is 0.479 e. The van der Waals surface area contributed by atoms with E-state index in [2.05, 4.69) is 35.8 Å². The van der Waals surface area contributed by atoms with Gasteiger partial charge in [0.25, 0.3) is 10.0 Å². The van der Waals surface area contributed by atoms with Gasteiger partial charge in [-0.25, -0.2) is 8.42 Å². The van der Waals surface area contributed by atoms with Crippen molar-refractivity contribution in [2.75, 3.05) is 31.5 Å². The molecule has 2 N–H and O–H groups in total. The minimum atomic E-state index is -3.75. The molecule has 2 rings (SSSR count). The van der Waals surface area contributed by atoms with E-state index in [9.17, 15) is 8.42 Å². The van der Waals surface area contributed by atoms with Gasteiger partial charge in [-0.15, -0.1) is 12.4 Å². The number of nitrogens with zero attached hydrogens (tertiary/aromatic N) is 1. The van der Waals surface area contributed by atoms with Crippen molar-refractivity contribution in [2.45, 2.75) is 38.0 Å². The molecule has 0 aliphatic carbocycles. The molecular weight excluding hydrogens is 414 g/mol. The number of rotatable bonds is 11. The van der Waals surface area contributed by atoms with Crippen LogP contribution in [0, 0.1) is 0 Å². The molecule has 0 aliphatic heterocycles. The number of methoxy groups -OCH3 is 1. The minimum absolute atomic E-state index is 0. The summed E-state index contributed by atoms with van der Waals surface area (Å²) in [5.41, 5.74) is 1.33. The predicted molar refractivity (Wildman–Crippen MR) is 118 cm³/mol. The maximum atomic E-state index is 12.7. The van der Waals surface area contributed by atoms with Crippen LogP contribution in [0.25, 0.3) is 0 Å². The SMILES string of the molecule is CCCNCCOc1ccc(NS(=O)(=O)c2ccc(C(C)C)cc2)c(OC)n1.Cl. The number of benzene rings is 1. The standard InChI is InChI=1S/C20H29N3O4S.ClH/c1-5-12-21-13-14-27-19-11-10-18(20(22-19)26-4)23-28(24,25)17-8-6-16(7-9-17)15(2)3;/h6-11,15,21,23H,5,12-14H2,1-4H3;1H. The van der Waals surface area contributed by atoms with Crippen LogP contribution >= 0.6 is 12.4 Å². The molecule has 7 nitrogen and oxygen atoms in total. The van der Waals surface area contributed by atoms with Crippen molar-refractivity contribution in [3.63, 3.8) is 0 Å². The summed E-state index contributed by atoms with van der Waals surface area (Å²) in [5, 5.41) is 3.23. The van der Waals surface area contributed by atoms with Gasteiger partial charge in [0.05, 0.1) is 12.0 Å². The molecule has 0 atom stereocenters. The molecule has 0 unspecified atom stereocenters. The maximum absolute atomic E-state index is 12.7. The van der Waals surface area contributed by atoms with Gasteiger partial charge in [-0.2, -0.15) is 4.98 Å². The lowest BCUT2D eigenvalue weighted by Gasteiger charge is -2.13. The predicted octanol–water partition coefficient (Wildman–Crippen LogP) is 3.81. The lowest BCUT2D eigenvalue weighted by molar-refractivity contribution is 0.296. The van der Waals surface area contributed by atoms with E-state index in [4.69, 9.17) is 9.47 Å². The fraction of sp³-hybridized carbons (Fsp3) is 0.450. The summed E-state index contributed by atoms with van der Waals surface area (Å²) < 4.78 is 38.7. The number of pyridine rings is 1. The number of hydrogen-bond acceptors (Lipinski definition) is 6. The first-order chi connectivity index (χ1) is 13.4. The second-order valence-electron chi connectivity index (χ2n) is 6.63. The van der Waals surface area contributed by atoms with Crippen molar-refractivity contribution in [3.05, 3.63) is 42.0 Å². The number of halogens is 1. The highest BCUT2D eigenvalue weighted by molar-refractivity contribution is 7.92. The molecule has 1 aromatic heterocycles. The fourth-order valence-corrected chi connectivity index (χ4v) is 3.56. The molecule has 0 amide bonds. The molecule has 0 saturated carbocycles. The molecule has 0 aliphatic rings. The van der Waals surface area contributed by atoms with Crippen LogP contribution in [0.5, 0.6) is 11.8 Å². The smallest absolute Gasteiger partial charge is 0.262 e. The van der Waals surface area contributed by atoms with Crippen LogP contribution in [-0.4, -0.2) is 40.2 Å². The first-order valence-electron chi connectivity index (χ1n) is 9.38. The zero-order valence-corrected chi connectivity index (χ0v) is 18.9. The molecule has 1 heterocycles. The van der Waals surface area contributed by atoms with Gasteiger partial charge in [0.1, 0.15) is 12.3 Å². The van der Waals surface area contributed by atoms with Crippen LogP contribution in [0.15, 0.2) is 41.3 Å². The van der Waals surface area contributed by atoms with Gasteiger partial charge in [0.15, 0.2) is 0 Å². The van der Waals surface area contributed by atoms with Crippen molar-refractivity contribution in [3.8, 4) is 11.8 Å². The minimum Gasteiger partial charge on any atom is -0.479 e. The van der Waals surface area contributed by atoms with Gasteiger partial charge in [-0.1, -0.05) is 32.9 Å². The molecule has 162 valence electrons. The van der Waals surface area contributed by atoms with E-state index >= 15 is 0 Å². The van der Waals surface area contributed by atoms with E-state index in [-0.39, 0.29) is 28.9 Å². The summed E-state index contributed by atoms with van der Waals surface area (Å²) in [6.45, 7) is 8.31. The number of anilines is 1. The van der Waals surface area contributed by atoms with Crippen molar-refractivity contribution in [2.24, 2.45) is 0 Å². The molecule has 0 bridgehead atoms. The molecule has 0 saturated heterocycles. The van der Waals surface area contributed by atoms with Crippen molar-refractivity contribution in [1.29, 1.82) is 0 Å². The highest BCUT2D eigenvalue weighted by Gasteiger charge is 2.18. The number of ether oxygens (including phenoxy) is 2. The van der Waals surface area contributed by atoms with E-state index in [0.29, 0.717) is 24.9 Å². The van der Waals surface area contributed by atoms with E-state index in [0.717, 1.165) is 18.5 Å². The number of aromatic nitrogens is 1. The molecule has 0 spiro atoms. The molecule has 9 heteroatoms. The van der Waals surface area contributed by atoms with Gasteiger partial charge in [-0.3, -0.25) is 4.72 Å². The van der Waals surface area contributed by atoms with Crippen molar-refractivity contribution in [1.82, 2.24) is 10.3 Å². The molecule has 29 heavy (non-hydrogen) atoms. The van der Waals surface area contributed by atoms with Crippen LogP contribution in [0.1, 0.15) is 38.7 Å². The average Bonchev–Trinajstić information content (AvgIpc) is 2.68. The van der Waals surface area contributed by atoms with Gasteiger partial charge in [0.2, 0.25) is 11.8 Å². The quantitative estimate of drug-likeness (QED) is 0.513. The highest BCUT2D eigenvalue weighted by atomic mass is 35.5. The first kappa shape index (κ1) is 25.0. The Morgan fingerprint density at radius 2 is 1.76 bits per heavy atom. The third-order valence-electron chi connectivity index (χ3n) is 4.09. The Hall–Kier alpha value is -2.03. The molecular formula is C20H30ClN3O4S. The van der Waals surface area contributed by atoms with Gasteiger partial charge in [-0.05, 0) is 42.6 Å². The second-order valence-corrected chi connectivity index (χ2v) is 8.32. The Bertz CT molecular complexity index is 859. The number of sulfonamides is 1. The maximum Gasteiger partial charge on any atom is 0.262 e. The summed E-state index contributed by atoms with van der Waals surface area (Å²) in [7, 11) is -2.31. The first-order valence-corrected chi connectivity index (χ1v) is 10.9. The van der Waals surface area contributed by atoms with Crippen LogP contribution < -0.4 is 19.5 Å². The van der Waals surface area contributed by atoms with E-state index in [1.54, 1.807) is 24.3 Å². The Kier molecular flexibility index (Phi) is 10.2. The molecule has 0 fully saturated rings. The monoisotopic (exact) mass is 443 g/mol. The summed E-state index contributed by atoms with van der Waals surface area (Å²) in [6.07, 6.45) is 1.06. The molecule has 1 aromatic carbocycles. The lowest BCUT2D eigenvalue weighted by atomic mass is 10.0. The highest BCUT2D eigenvalue weighted by Crippen LogP contribution is 2.28. The summed E-state index contributed by atoms with van der Waals surface area (Å²) in [4.78, 5) is 4.41. The van der Waals surface area contributed by atoms with Crippen LogP contribution in [0.4, 0.5) is 5.69 Å². The van der Waals surface area contributed by atoms with Gasteiger partial charge in [0, 0.05) is 12.6 Å². The van der Waals surface area contributed by atoms with Crippen LogP contribution in [0.3, 0.4) is 0 Å². The zero-order chi connectivity index (χ0) is 20.6. The Morgan fingerprint density at radius 3 is 2.34 bits per heavy atom. The van der Waals surface area contributed by atoms with E-state index in [1.165, 1.54) is 7.11 Å². The second kappa shape index (κ2) is 11.8. The van der Waals surface area contributed by atoms with Gasteiger partial charge < -0.3 is 14.8 Å². The summed E-state index contributed by atoms with van der Waals surface area (Å²) in [5.74, 6) is 0.861. The average molecular weight is 444 g/mol. The Labute approximate surface area is 179 Å².